The van der Waals surface area contributed by atoms with Gasteiger partial charge in [0.2, 0.25) is 5.88 Å². The van der Waals surface area contributed by atoms with Gasteiger partial charge in [-0.1, -0.05) is 12.1 Å². The van der Waals surface area contributed by atoms with Crippen LogP contribution in [0.1, 0.15) is 17.3 Å². The summed E-state index contributed by atoms with van der Waals surface area (Å²) in [5.41, 5.74) is 1.60. The fourth-order valence-corrected chi connectivity index (χ4v) is 2.95. The minimum atomic E-state index is -0.370. The van der Waals surface area contributed by atoms with Gasteiger partial charge in [-0.25, -0.2) is 4.39 Å². The van der Waals surface area contributed by atoms with Gasteiger partial charge >= 0.3 is 0 Å². The molecule has 0 bridgehead atoms. The molecule has 1 amide bonds. The third-order valence-electron chi connectivity index (χ3n) is 4.39. The molecule has 9 heteroatoms. The Hall–Kier alpha value is -4.01. The van der Waals surface area contributed by atoms with Crippen LogP contribution < -0.4 is 14.8 Å². The third-order valence-corrected chi connectivity index (χ3v) is 4.39. The maximum Gasteiger partial charge on any atom is 0.251 e. The Kier molecular flexibility index (Phi) is 6.02. The molecule has 0 aliphatic heterocycles. The molecule has 8 nitrogen and oxygen atoms in total. The molecule has 2 aromatic carbocycles. The summed E-state index contributed by atoms with van der Waals surface area (Å²) in [6.45, 7) is 2.99. The topological polar surface area (TPSA) is 90.6 Å². The predicted octanol–water partition coefficient (Wildman–Crippen LogP) is 3.14. The fraction of sp³-hybridized carbons (Fsp3) is 0.182. The van der Waals surface area contributed by atoms with Crippen LogP contribution in [0.25, 0.3) is 17.0 Å². The molecule has 0 saturated carbocycles. The van der Waals surface area contributed by atoms with Crippen molar-refractivity contribution < 1.29 is 18.7 Å². The van der Waals surface area contributed by atoms with Gasteiger partial charge in [0.15, 0.2) is 11.5 Å². The van der Waals surface area contributed by atoms with Crippen molar-refractivity contribution in [2.45, 2.75) is 6.92 Å². The number of aromatic nitrogens is 4. The molecular formula is C22H20FN5O3. The van der Waals surface area contributed by atoms with E-state index in [0.717, 1.165) is 5.75 Å². The zero-order valence-electron chi connectivity index (χ0n) is 16.8. The number of hydrogen-bond donors (Lipinski definition) is 1. The molecule has 158 valence electrons. The highest BCUT2D eigenvalue weighted by Gasteiger charge is 2.11. The first-order valence-electron chi connectivity index (χ1n) is 9.76. The van der Waals surface area contributed by atoms with Gasteiger partial charge in [0.1, 0.15) is 18.2 Å². The molecule has 0 saturated heterocycles. The Morgan fingerprint density at radius 2 is 1.90 bits per heavy atom. The number of nitrogens with zero attached hydrogens (tertiary/aromatic N) is 4. The van der Waals surface area contributed by atoms with E-state index in [0.29, 0.717) is 41.6 Å². The lowest BCUT2D eigenvalue weighted by Crippen LogP contribution is -2.28. The summed E-state index contributed by atoms with van der Waals surface area (Å²) in [6.07, 6.45) is 0. The number of nitrogens with one attached hydrogen (secondary N) is 1. The maximum atomic E-state index is 13.5. The number of halogens is 1. The average molecular weight is 421 g/mol. The van der Waals surface area contributed by atoms with Crippen LogP contribution in [0.3, 0.4) is 0 Å². The van der Waals surface area contributed by atoms with Gasteiger partial charge in [-0.05, 0) is 49.4 Å². The number of carbonyl (C=O) groups excluding carboxylic acids is 1. The van der Waals surface area contributed by atoms with E-state index in [1.165, 1.54) is 16.6 Å². The van der Waals surface area contributed by atoms with E-state index in [9.17, 15) is 9.18 Å². The number of carbonyl (C=O) groups is 1. The van der Waals surface area contributed by atoms with Crippen molar-refractivity contribution in [2.75, 3.05) is 19.8 Å². The Labute approximate surface area is 177 Å². The Morgan fingerprint density at radius 1 is 1.06 bits per heavy atom. The van der Waals surface area contributed by atoms with Gasteiger partial charge in [0, 0.05) is 17.2 Å². The van der Waals surface area contributed by atoms with Crippen molar-refractivity contribution in [3.8, 4) is 23.0 Å². The summed E-state index contributed by atoms with van der Waals surface area (Å²) in [6, 6.07) is 16.3. The molecule has 0 fully saturated rings. The molecule has 4 rings (SSSR count). The quantitative estimate of drug-likeness (QED) is 0.440. The van der Waals surface area contributed by atoms with Crippen LogP contribution in [0.4, 0.5) is 4.39 Å². The number of ether oxygens (including phenoxy) is 2. The van der Waals surface area contributed by atoms with Crippen molar-refractivity contribution in [2.24, 2.45) is 0 Å². The average Bonchev–Trinajstić information content (AvgIpc) is 3.21. The van der Waals surface area contributed by atoms with Gasteiger partial charge in [0.05, 0.1) is 13.2 Å². The van der Waals surface area contributed by atoms with E-state index in [1.807, 2.05) is 6.92 Å². The Morgan fingerprint density at radius 3 is 2.68 bits per heavy atom. The molecule has 0 atom stereocenters. The normalized spacial score (nSPS) is 10.8. The lowest BCUT2D eigenvalue weighted by atomic mass is 10.2. The van der Waals surface area contributed by atoms with Crippen LogP contribution in [0, 0.1) is 5.82 Å². The van der Waals surface area contributed by atoms with Gasteiger partial charge in [-0.2, -0.15) is 4.52 Å². The molecular weight excluding hydrogens is 401 g/mol. The number of hydrogen-bond acceptors (Lipinski definition) is 6. The van der Waals surface area contributed by atoms with Gasteiger partial charge in [0.25, 0.3) is 5.91 Å². The van der Waals surface area contributed by atoms with Gasteiger partial charge in [-0.15, -0.1) is 15.3 Å². The number of amides is 1. The standard InChI is InChI=1S/C22H20FN5O3/c1-2-30-18-8-6-15(7-9-18)22(29)24-12-13-31-20-11-10-19-25-26-21(28(19)27-20)16-4-3-5-17(23)14-16/h3-11,14H,2,12-13H2,1H3,(H,24,29). The van der Waals surface area contributed by atoms with Crippen LogP contribution in [-0.4, -0.2) is 45.5 Å². The Bertz CT molecular complexity index is 1190. The van der Waals surface area contributed by atoms with E-state index in [4.69, 9.17) is 9.47 Å². The van der Waals surface area contributed by atoms with Crippen molar-refractivity contribution in [1.82, 2.24) is 25.1 Å². The SMILES string of the molecule is CCOc1ccc(C(=O)NCCOc2ccc3nnc(-c4cccc(F)c4)n3n2)cc1. The molecule has 0 aliphatic carbocycles. The molecule has 0 radical (unpaired) electrons. The molecule has 0 spiro atoms. The van der Waals surface area contributed by atoms with Gasteiger partial charge in [-0.3, -0.25) is 4.79 Å². The Balaban J connectivity index is 1.36. The summed E-state index contributed by atoms with van der Waals surface area (Å²) in [7, 11) is 0. The largest absolute Gasteiger partial charge is 0.494 e. The number of rotatable bonds is 8. The van der Waals surface area contributed by atoms with Crippen LogP contribution >= 0.6 is 0 Å². The second kappa shape index (κ2) is 9.21. The van der Waals surface area contributed by atoms with Crippen molar-refractivity contribution in [3.05, 3.63) is 72.0 Å². The molecule has 0 aliphatic rings. The molecule has 4 aromatic rings. The summed E-state index contributed by atoms with van der Waals surface area (Å²) < 4.78 is 26.0. The zero-order chi connectivity index (χ0) is 21.6. The van der Waals surface area contributed by atoms with E-state index < -0.39 is 0 Å². The van der Waals surface area contributed by atoms with Crippen molar-refractivity contribution in [3.63, 3.8) is 0 Å². The minimum absolute atomic E-state index is 0.206. The second-order valence-corrected chi connectivity index (χ2v) is 6.54. The third kappa shape index (κ3) is 4.77. The van der Waals surface area contributed by atoms with Crippen LogP contribution in [0.15, 0.2) is 60.7 Å². The van der Waals surface area contributed by atoms with E-state index in [-0.39, 0.29) is 18.3 Å². The summed E-state index contributed by atoms with van der Waals surface area (Å²) in [5.74, 6) is 0.881. The summed E-state index contributed by atoms with van der Waals surface area (Å²) in [4.78, 5) is 12.2. The number of benzene rings is 2. The zero-order valence-corrected chi connectivity index (χ0v) is 16.8. The van der Waals surface area contributed by atoms with E-state index in [1.54, 1.807) is 48.5 Å². The first kappa shape index (κ1) is 20.3. The minimum Gasteiger partial charge on any atom is -0.494 e. The lowest BCUT2D eigenvalue weighted by molar-refractivity contribution is 0.0946. The molecule has 1 N–H and O–H groups in total. The maximum absolute atomic E-state index is 13.5. The summed E-state index contributed by atoms with van der Waals surface area (Å²) in [5, 5.41) is 15.3. The van der Waals surface area contributed by atoms with E-state index in [2.05, 4.69) is 20.6 Å². The molecule has 2 aromatic heterocycles. The highest BCUT2D eigenvalue weighted by atomic mass is 19.1. The van der Waals surface area contributed by atoms with E-state index >= 15 is 0 Å². The van der Waals surface area contributed by atoms with Gasteiger partial charge < -0.3 is 14.8 Å². The van der Waals surface area contributed by atoms with Crippen LogP contribution in [0.5, 0.6) is 11.6 Å². The highest BCUT2D eigenvalue weighted by molar-refractivity contribution is 5.94. The first-order valence-corrected chi connectivity index (χ1v) is 9.76. The molecule has 31 heavy (non-hydrogen) atoms. The number of fused-ring (bicyclic) bond motifs is 1. The molecule has 0 unspecified atom stereocenters. The predicted molar refractivity (Wildman–Crippen MR) is 112 cm³/mol. The lowest BCUT2D eigenvalue weighted by Gasteiger charge is -2.08. The van der Waals surface area contributed by atoms with Crippen molar-refractivity contribution >= 4 is 11.6 Å². The summed E-state index contributed by atoms with van der Waals surface area (Å²) >= 11 is 0. The first-order chi connectivity index (χ1) is 15.1. The molecule has 2 heterocycles. The van der Waals surface area contributed by atoms with Crippen LogP contribution in [0.2, 0.25) is 0 Å². The van der Waals surface area contributed by atoms with Crippen LogP contribution in [-0.2, 0) is 0 Å². The smallest absolute Gasteiger partial charge is 0.251 e. The second-order valence-electron chi connectivity index (χ2n) is 6.54. The monoisotopic (exact) mass is 421 g/mol. The fourth-order valence-electron chi connectivity index (χ4n) is 2.95. The van der Waals surface area contributed by atoms with Crippen molar-refractivity contribution in [1.29, 1.82) is 0 Å². The highest BCUT2D eigenvalue weighted by Crippen LogP contribution is 2.19.